The lowest BCUT2D eigenvalue weighted by Gasteiger charge is -2.36. The minimum atomic E-state index is -0.944. The highest BCUT2D eigenvalue weighted by Crippen LogP contribution is 2.31. The maximum Gasteiger partial charge on any atom is 0.335 e. The maximum absolute atomic E-state index is 12.7. The van der Waals surface area contributed by atoms with Crippen molar-refractivity contribution in [1.82, 2.24) is 4.90 Å². The second-order valence-electron chi connectivity index (χ2n) is 9.56. The summed E-state index contributed by atoms with van der Waals surface area (Å²) in [5, 5.41) is 20.8. The zero-order valence-electron chi connectivity index (χ0n) is 20.5. The van der Waals surface area contributed by atoms with Crippen LogP contribution in [0.5, 0.6) is 0 Å². The predicted molar refractivity (Wildman–Crippen MR) is 142 cm³/mol. The average Bonchev–Trinajstić information content (AvgIpc) is 2.87. The molecule has 2 N–H and O–H groups in total. The molecule has 6 heteroatoms. The number of benzene rings is 3. The van der Waals surface area contributed by atoms with E-state index in [-0.39, 0.29) is 17.5 Å². The minimum absolute atomic E-state index is 0.0980. The fourth-order valence-electron chi connectivity index (χ4n) is 5.04. The van der Waals surface area contributed by atoms with E-state index in [4.69, 9.17) is 16.7 Å². The summed E-state index contributed by atoms with van der Waals surface area (Å²) in [4.78, 5) is 25.7. The van der Waals surface area contributed by atoms with E-state index in [9.17, 15) is 14.7 Å². The monoisotopic (exact) mass is 505 g/mol. The predicted octanol–water partition coefficient (Wildman–Crippen LogP) is 6.45. The van der Waals surface area contributed by atoms with Gasteiger partial charge in [-0.25, -0.2) is 4.79 Å². The molecule has 0 bridgehead atoms. The Morgan fingerprint density at radius 2 is 1.89 bits per heavy atom. The molecule has 1 heterocycles. The van der Waals surface area contributed by atoms with E-state index in [1.165, 1.54) is 0 Å². The van der Waals surface area contributed by atoms with Gasteiger partial charge in [-0.2, -0.15) is 0 Å². The first-order valence-electron chi connectivity index (χ1n) is 12.5. The van der Waals surface area contributed by atoms with Crippen LogP contribution < -0.4 is 0 Å². The van der Waals surface area contributed by atoms with Gasteiger partial charge in [0.25, 0.3) is 0 Å². The number of aryl methyl sites for hydroxylation is 1. The second-order valence-corrected chi connectivity index (χ2v) is 10.00. The summed E-state index contributed by atoms with van der Waals surface area (Å²) < 4.78 is 0. The first kappa shape index (κ1) is 25.9. The first-order valence-corrected chi connectivity index (χ1v) is 12.9. The number of nitrogens with zero attached hydrogens (tertiary/aromatic N) is 1. The van der Waals surface area contributed by atoms with Crippen molar-refractivity contribution in [2.45, 2.75) is 57.6 Å². The normalized spacial score (nSPS) is 16.7. The number of likely N-dealkylation sites (tertiary alicyclic amines) is 1. The number of hydrogen-bond acceptors (Lipinski definition) is 3. The third kappa shape index (κ3) is 6.34. The molecule has 1 saturated heterocycles. The summed E-state index contributed by atoms with van der Waals surface area (Å²) in [5.41, 5.74) is 5.36. The third-order valence-electron chi connectivity index (χ3n) is 7.08. The van der Waals surface area contributed by atoms with Crippen LogP contribution in [0.2, 0.25) is 5.02 Å². The number of halogens is 1. The van der Waals surface area contributed by atoms with Gasteiger partial charge in [-0.05, 0) is 97.2 Å². The molecule has 1 fully saturated rings. The Kier molecular flexibility index (Phi) is 8.44. The lowest BCUT2D eigenvalue weighted by molar-refractivity contribution is -0.136. The van der Waals surface area contributed by atoms with Crippen molar-refractivity contribution in [3.8, 4) is 11.1 Å². The molecule has 0 aliphatic carbocycles. The van der Waals surface area contributed by atoms with Gasteiger partial charge in [0.2, 0.25) is 5.91 Å². The number of carboxylic acids is 1. The summed E-state index contributed by atoms with van der Waals surface area (Å²) >= 11 is 6.11. The molecule has 3 aromatic rings. The first-order chi connectivity index (χ1) is 17.3. The Morgan fingerprint density at radius 3 is 2.61 bits per heavy atom. The molecule has 0 saturated carbocycles. The standard InChI is InChI=1S/C30H32ClNO4/c1-20-18-25(31)12-14-27(20)23-4-2-5-24(19-23)28(33)15-13-26-6-3-7-29(34)32(26)17-16-21-8-10-22(11-9-21)30(35)36/h2,4-5,8-12,14,18-19,26,28,33H,3,6-7,13,15-17H2,1H3,(H,35,36). The van der Waals surface area contributed by atoms with Crippen LogP contribution in [-0.2, 0) is 11.2 Å². The highest BCUT2D eigenvalue weighted by atomic mass is 35.5. The summed E-state index contributed by atoms with van der Waals surface area (Å²) in [6.07, 6.45) is 3.72. The Bertz CT molecular complexity index is 1220. The number of amides is 1. The van der Waals surface area contributed by atoms with E-state index in [2.05, 4.69) is 0 Å². The molecule has 1 amide bonds. The summed E-state index contributed by atoms with van der Waals surface area (Å²) in [6.45, 7) is 2.62. The largest absolute Gasteiger partial charge is 0.478 e. The molecule has 0 radical (unpaired) electrons. The molecular formula is C30H32ClNO4. The Hall–Kier alpha value is -3.15. The van der Waals surface area contributed by atoms with E-state index in [1.807, 2.05) is 66.4 Å². The van der Waals surface area contributed by atoms with Crippen molar-refractivity contribution in [1.29, 1.82) is 0 Å². The van der Waals surface area contributed by atoms with Gasteiger partial charge in [0, 0.05) is 24.0 Å². The van der Waals surface area contributed by atoms with Crippen molar-refractivity contribution >= 4 is 23.5 Å². The zero-order chi connectivity index (χ0) is 25.7. The van der Waals surface area contributed by atoms with Crippen LogP contribution in [0.3, 0.4) is 0 Å². The maximum atomic E-state index is 12.7. The van der Waals surface area contributed by atoms with Crippen molar-refractivity contribution in [3.63, 3.8) is 0 Å². The van der Waals surface area contributed by atoms with Crippen molar-refractivity contribution in [3.05, 3.63) is 94.0 Å². The second kappa shape index (κ2) is 11.7. The zero-order valence-corrected chi connectivity index (χ0v) is 21.2. The molecule has 188 valence electrons. The Labute approximate surface area is 217 Å². The van der Waals surface area contributed by atoms with Gasteiger partial charge in [0.15, 0.2) is 0 Å². The van der Waals surface area contributed by atoms with Crippen LogP contribution in [0.4, 0.5) is 0 Å². The fraction of sp³-hybridized carbons (Fsp3) is 0.333. The van der Waals surface area contributed by atoms with Crippen LogP contribution in [0.25, 0.3) is 11.1 Å². The van der Waals surface area contributed by atoms with Gasteiger partial charge in [-0.1, -0.05) is 48.0 Å². The van der Waals surface area contributed by atoms with E-state index >= 15 is 0 Å². The number of aromatic carboxylic acids is 1. The van der Waals surface area contributed by atoms with E-state index in [0.717, 1.165) is 47.1 Å². The number of rotatable bonds is 9. The van der Waals surface area contributed by atoms with Gasteiger partial charge >= 0.3 is 5.97 Å². The molecule has 0 spiro atoms. The highest BCUT2D eigenvalue weighted by Gasteiger charge is 2.28. The number of aliphatic hydroxyl groups excluding tert-OH is 1. The molecule has 1 aliphatic heterocycles. The van der Waals surface area contributed by atoms with Crippen molar-refractivity contribution in [2.24, 2.45) is 0 Å². The van der Waals surface area contributed by atoms with Crippen molar-refractivity contribution in [2.75, 3.05) is 6.54 Å². The number of piperidine rings is 1. The molecular weight excluding hydrogens is 474 g/mol. The van der Waals surface area contributed by atoms with Gasteiger partial charge < -0.3 is 15.1 Å². The van der Waals surface area contributed by atoms with Crippen molar-refractivity contribution < 1.29 is 19.8 Å². The summed E-state index contributed by atoms with van der Waals surface area (Å²) in [5.74, 6) is -0.789. The van der Waals surface area contributed by atoms with Crippen LogP contribution >= 0.6 is 11.6 Å². The molecule has 36 heavy (non-hydrogen) atoms. The van der Waals surface area contributed by atoms with Gasteiger partial charge in [0.1, 0.15) is 0 Å². The molecule has 5 nitrogen and oxygen atoms in total. The smallest absolute Gasteiger partial charge is 0.335 e. The number of aliphatic hydroxyl groups is 1. The van der Waals surface area contributed by atoms with Gasteiger partial charge in [0.05, 0.1) is 11.7 Å². The molecule has 3 aromatic carbocycles. The minimum Gasteiger partial charge on any atom is -0.478 e. The number of carboxylic acid groups (broad SMARTS) is 1. The quantitative estimate of drug-likeness (QED) is 0.350. The van der Waals surface area contributed by atoms with Gasteiger partial charge in [-0.15, -0.1) is 0 Å². The number of carbonyl (C=O) groups is 2. The van der Waals surface area contributed by atoms with E-state index in [1.54, 1.807) is 12.1 Å². The molecule has 1 aliphatic rings. The Morgan fingerprint density at radius 1 is 1.11 bits per heavy atom. The van der Waals surface area contributed by atoms with Crippen LogP contribution in [0.1, 0.15) is 65.3 Å². The topological polar surface area (TPSA) is 77.8 Å². The number of carbonyl (C=O) groups excluding carboxylic acids is 1. The van der Waals surface area contributed by atoms with Crippen LogP contribution in [-0.4, -0.2) is 39.6 Å². The fourth-order valence-corrected chi connectivity index (χ4v) is 5.27. The van der Waals surface area contributed by atoms with Crippen LogP contribution in [0, 0.1) is 6.92 Å². The lowest BCUT2D eigenvalue weighted by atomic mass is 9.92. The van der Waals surface area contributed by atoms with Gasteiger partial charge in [-0.3, -0.25) is 4.79 Å². The van der Waals surface area contributed by atoms with Crippen LogP contribution in [0.15, 0.2) is 66.7 Å². The highest BCUT2D eigenvalue weighted by molar-refractivity contribution is 6.30. The molecule has 2 atom stereocenters. The molecule has 2 unspecified atom stereocenters. The number of hydrogen-bond donors (Lipinski definition) is 2. The third-order valence-corrected chi connectivity index (χ3v) is 7.31. The SMILES string of the molecule is Cc1cc(Cl)ccc1-c1cccc(C(O)CCC2CCCC(=O)N2CCc2ccc(C(=O)O)cc2)c1. The van der Waals surface area contributed by atoms with E-state index < -0.39 is 12.1 Å². The molecule has 4 rings (SSSR count). The average molecular weight is 506 g/mol. The summed E-state index contributed by atoms with van der Waals surface area (Å²) in [6, 6.07) is 20.7. The summed E-state index contributed by atoms with van der Waals surface area (Å²) in [7, 11) is 0. The Balaban J connectivity index is 1.39. The molecule has 0 aromatic heterocycles. The van der Waals surface area contributed by atoms with E-state index in [0.29, 0.717) is 30.8 Å². The lowest BCUT2D eigenvalue weighted by Crippen LogP contribution is -2.44.